The second-order valence-corrected chi connectivity index (χ2v) is 7.94. The van der Waals surface area contributed by atoms with E-state index in [1.807, 2.05) is 0 Å². The second-order valence-electron chi connectivity index (χ2n) is 5.96. The number of nitrogens with zero attached hydrogens (tertiary/aromatic N) is 4. The lowest BCUT2D eigenvalue weighted by Gasteiger charge is -2.17. The van der Waals surface area contributed by atoms with Crippen molar-refractivity contribution in [1.82, 2.24) is 24.5 Å². The van der Waals surface area contributed by atoms with E-state index >= 15 is 0 Å². The zero-order valence-corrected chi connectivity index (χ0v) is 14.5. The lowest BCUT2D eigenvalue weighted by molar-refractivity contribution is 0.219. The van der Waals surface area contributed by atoms with Gasteiger partial charge in [-0.2, -0.15) is 0 Å². The molecule has 1 saturated heterocycles. The highest BCUT2D eigenvalue weighted by Gasteiger charge is 2.24. The maximum atomic E-state index is 11.8. The van der Waals surface area contributed by atoms with Crippen molar-refractivity contribution in [2.24, 2.45) is 0 Å². The Hall–Kier alpha value is -1.94. The first-order valence-electron chi connectivity index (χ1n) is 7.99. The third-order valence-electron chi connectivity index (χ3n) is 4.33. The molecule has 132 valence electrons. The molecule has 24 heavy (non-hydrogen) atoms. The van der Waals surface area contributed by atoms with Crippen LogP contribution in [-0.4, -0.2) is 79.1 Å². The maximum Gasteiger partial charge on any atom is 0.317 e. The first kappa shape index (κ1) is 16.9. The van der Waals surface area contributed by atoms with Crippen LogP contribution in [0.4, 0.5) is 10.6 Å². The molecule has 1 aromatic rings. The van der Waals surface area contributed by atoms with E-state index in [9.17, 15) is 13.2 Å². The summed E-state index contributed by atoms with van der Waals surface area (Å²) in [6, 6.07) is -0.0397. The molecule has 3 heterocycles. The van der Waals surface area contributed by atoms with Crippen LogP contribution in [0, 0.1) is 0 Å². The van der Waals surface area contributed by atoms with Crippen LogP contribution in [0.5, 0.6) is 0 Å². The number of hydrogen-bond acceptors (Lipinski definition) is 6. The Bertz CT molecular complexity index is 723. The molecule has 0 unspecified atom stereocenters. The molecule has 2 amide bonds. The largest absolute Gasteiger partial charge is 0.368 e. The number of aromatic nitrogens is 2. The molecule has 1 aromatic heterocycles. The van der Waals surface area contributed by atoms with Crippen LogP contribution < -0.4 is 10.6 Å². The number of sulfonamides is 1. The molecule has 0 atom stereocenters. The number of nitrogens with one attached hydrogen (secondary N) is 2. The lowest BCUT2D eigenvalue weighted by atomic mass is 10.1. The Labute approximate surface area is 141 Å². The van der Waals surface area contributed by atoms with Gasteiger partial charge in [0.25, 0.3) is 0 Å². The molecule has 2 aliphatic heterocycles. The smallest absolute Gasteiger partial charge is 0.317 e. The predicted octanol–water partition coefficient (Wildman–Crippen LogP) is -0.726. The zero-order valence-electron chi connectivity index (χ0n) is 13.7. The Morgan fingerprint density at radius 2 is 2.04 bits per heavy atom. The summed E-state index contributed by atoms with van der Waals surface area (Å²) in [5.74, 6) is 0.731. The summed E-state index contributed by atoms with van der Waals surface area (Å²) in [4.78, 5) is 21.9. The van der Waals surface area contributed by atoms with Crippen LogP contribution in [0.1, 0.15) is 11.3 Å². The SMILES string of the molecule is CS(=O)(=O)N1CCc2ncnc(NCCN3CCNC3=O)c2CC1. The van der Waals surface area contributed by atoms with E-state index < -0.39 is 10.0 Å². The van der Waals surface area contributed by atoms with Crippen molar-refractivity contribution in [3.63, 3.8) is 0 Å². The molecule has 0 saturated carbocycles. The van der Waals surface area contributed by atoms with Crippen molar-refractivity contribution in [3.8, 4) is 0 Å². The molecule has 1 fully saturated rings. The minimum Gasteiger partial charge on any atom is -0.368 e. The summed E-state index contributed by atoms with van der Waals surface area (Å²) in [5.41, 5.74) is 1.85. The van der Waals surface area contributed by atoms with E-state index in [4.69, 9.17) is 0 Å². The van der Waals surface area contributed by atoms with Crippen LogP contribution in [0.2, 0.25) is 0 Å². The van der Waals surface area contributed by atoms with Crippen molar-refractivity contribution in [2.75, 3.05) is 50.8 Å². The van der Waals surface area contributed by atoms with Gasteiger partial charge in [0.1, 0.15) is 12.1 Å². The molecular formula is C14H22N6O3S. The van der Waals surface area contributed by atoms with Crippen molar-refractivity contribution in [2.45, 2.75) is 12.8 Å². The number of anilines is 1. The number of carbonyl (C=O) groups excluding carboxylic acids is 1. The molecule has 0 aliphatic carbocycles. The van der Waals surface area contributed by atoms with Crippen molar-refractivity contribution in [3.05, 3.63) is 17.6 Å². The second kappa shape index (κ2) is 6.89. The van der Waals surface area contributed by atoms with Gasteiger partial charge in [-0.05, 0) is 6.42 Å². The van der Waals surface area contributed by atoms with Gasteiger partial charge in [-0.1, -0.05) is 0 Å². The van der Waals surface area contributed by atoms with Crippen LogP contribution in [0.25, 0.3) is 0 Å². The third-order valence-corrected chi connectivity index (χ3v) is 5.64. The Morgan fingerprint density at radius 3 is 2.75 bits per heavy atom. The predicted molar refractivity (Wildman–Crippen MR) is 89.3 cm³/mol. The average Bonchev–Trinajstić information content (AvgIpc) is 2.80. The summed E-state index contributed by atoms with van der Waals surface area (Å²) < 4.78 is 25.0. The normalized spacial score (nSPS) is 18.9. The average molecular weight is 354 g/mol. The maximum absolute atomic E-state index is 11.8. The van der Waals surface area contributed by atoms with Crippen molar-refractivity contribution >= 4 is 21.9 Å². The van der Waals surface area contributed by atoms with Gasteiger partial charge in [-0.15, -0.1) is 0 Å². The van der Waals surface area contributed by atoms with Gasteiger partial charge in [0.05, 0.1) is 11.9 Å². The van der Waals surface area contributed by atoms with Gasteiger partial charge < -0.3 is 15.5 Å². The summed E-state index contributed by atoms with van der Waals surface area (Å²) in [6.07, 6.45) is 3.89. The van der Waals surface area contributed by atoms with Gasteiger partial charge in [0, 0.05) is 51.3 Å². The van der Waals surface area contributed by atoms with Gasteiger partial charge in [0.15, 0.2) is 0 Å². The number of fused-ring (bicyclic) bond motifs is 1. The van der Waals surface area contributed by atoms with Crippen LogP contribution >= 0.6 is 0 Å². The first-order chi connectivity index (χ1) is 11.4. The number of amides is 2. The van der Waals surface area contributed by atoms with Crippen LogP contribution in [0.15, 0.2) is 6.33 Å². The highest BCUT2D eigenvalue weighted by molar-refractivity contribution is 7.88. The van der Waals surface area contributed by atoms with E-state index in [0.29, 0.717) is 52.1 Å². The lowest BCUT2D eigenvalue weighted by Crippen LogP contribution is -2.32. The van der Waals surface area contributed by atoms with E-state index in [0.717, 1.165) is 17.1 Å². The monoisotopic (exact) mass is 354 g/mol. The Balaban J connectivity index is 1.65. The molecule has 0 aromatic carbocycles. The number of carbonyl (C=O) groups is 1. The molecule has 2 aliphatic rings. The van der Waals surface area contributed by atoms with Gasteiger partial charge in [-0.25, -0.2) is 27.5 Å². The van der Waals surface area contributed by atoms with Crippen molar-refractivity contribution < 1.29 is 13.2 Å². The van der Waals surface area contributed by atoms with E-state index in [1.165, 1.54) is 16.9 Å². The highest BCUT2D eigenvalue weighted by atomic mass is 32.2. The third kappa shape index (κ3) is 3.75. The molecule has 9 nitrogen and oxygen atoms in total. The molecule has 0 bridgehead atoms. The minimum atomic E-state index is -3.20. The van der Waals surface area contributed by atoms with Gasteiger partial charge in [0.2, 0.25) is 10.0 Å². The van der Waals surface area contributed by atoms with E-state index in [1.54, 1.807) is 4.90 Å². The van der Waals surface area contributed by atoms with Crippen LogP contribution in [-0.2, 0) is 22.9 Å². The van der Waals surface area contributed by atoms with Crippen LogP contribution in [0.3, 0.4) is 0 Å². The fourth-order valence-electron chi connectivity index (χ4n) is 3.02. The minimum absolute atomic E-state index is 0.0397. The molecule has 0 spiro atoms. The number of rotatable bonds is 5. The highest BCUT2D eigenvalue weighted by Crippen LogP contribution is 2.21. The summed E-state index contributed by atoms with van der Waals surface area (Å²) in [6.45, 7) is 3.46. The van der Waals surface area contributed by atoms with E-state index in [2.05, 4.69) is 20.6 Å². The molecule has 10 heteroatoms. The van der Waals surface area contributed by atoms with Gasteiger partial charge >= 0.3 is 6.03 Å². The summed E-state index contributed by atoms with van der Waals surface area (Å²) in [7, 11) is -3.20. The number of urea groups is 1. The molecule has 2 N–H and O–H groups in total. The first-order valence-corrected chi connectivity index (χ1v) is 9.84. The Morgan fingerprint density at radius 1 is 1.25 bits per heavy atom. The molecular weight excluding hydrogens is 332 g/mol. The summed E-state index contributed by atoms with van der Waals surface area (Å²) in [5, 5.41) is 6.03. The standard InChI is InChI=1S/C14H22N6O3S/c1-24(22,23)20-6-2-11-12(3-7-20)17-10-18-13(11)15-4-8-19-9-5-16-14(19)21/h10H,2-9H2,1H3,(H,16,21)(H,15,17,18). The number of hydrogen-bond donors (Lipinski definition) is 2. The zero-order chi connectivity index (χ0) is 17.2. The van der Waals surface area contributed by atoms with Gasteiger partial charge in [-0.3, -0.25) is 0 Å². The van der Waals surface area contributed by atoms with Crippen molar-refractivity contribution in [1.29, 1.82) is 0 Å². The quantitative estimate of drug-likeness (QED) is 0.722. The fourth-order valence-corrected chi connectivity index (χ4v) is 3.87. The molecule has 0 radical (unpaired) electrons. The summed E-state index contributed by atoms with van der Waals surface area (Å²) >= 11 is 0. The Kier molecular flexibility index (Phi) is 4.86. The van der Waals surface area contributed by atoms with E-state index in [-0.39, 0.29) is 6.03 Å². The topological polar surface area (TPSA) is 108 Å². The fraction of sp³-hybridized carbons (Fsp3) is 0.643. The molecule has 3 rings (SSSR count).